The predicted molar refractivity (Wildman–Crippen MR) is 127 cm³/mol. The fourth-order valence-corrected chi connectivity index (χ4v) is 4.04. The van der Waals surface area contributed by atoms with E-state index in [1.807, 2.05) is 18.2 Å². The van der Waals surface area contributed by atoms with Gasteiger partial charge in [0, 0.05) is 6.20 Å². The molecule has 1 aliphatic heterocycles. The van der Waals surface area contributed by atoms with Crippen LogP contribution in [0.4, 0.5) is 0 Å². The second-order valence-corrected chi connectivity index (χ2v) is 8.68. The highest BCUT2D eigenvalue weighted by Crippen LogP contribution is 2.20. The minimum absolute atomic E-state index is 0.132. The van der Waals surface area contributed by atoms with Gasteiger partial charge in [-0.1, -0.05) is 63.3 Å². The van der Waals surface area contributed by atoms with E-state index in [0.29, 0.717) is 24.8 Å². The van der Waals surface area contributed by atoms with Crippen LogP contribution in [0.3, 0.4) is 0 Å². The van der Waals surface area contributed by atoms with Crippen LogP contribution < -0.4 is 5.73 Å². The molecule has 1 aromatic rings. The SMILES string of the molecule is CCCCCCC(CCCCCC(O)C(=O)N1C=CCC1C(N)=O)OC(=O)c1ccccc1. The van der Waals surface area contributed by atoms with Crippen molar-refractivity contribution in [3.8, 4) is 0 Å². The first kappa shape index (κ1) is 26.6. The van der Waals surface area contributed by atoms with Crippen molar-refractivity contribution < 1.29 is 24.2 Å². The molecule has 0 saturated heterocycles. The highest BCUT2D eigenvalue weighted by atomic mass is 16.5. The molecule has 0 spiro atoms. The Balaban J connectivity index is 1.75. The number of hydrogen-bond acceptors (Lipinski definition) is 5. The molecule has 0 saturated carbocycles. The number of primary amides is 1. The molecule has 0 bridgehead atoms. The summed E-state index contributed by atoms with van der Waals surface area (Å²) in [5.74, 6) is -1.35. The van der Waals surface area contributed by atoms with E-state index in [1.165, 1.54) is 17.5 Å². The number of benzene rings is 1. The second kappa shape index (κ2) is 14.5. The molecular weight excluding hydrogens is 420 g/mol. The van der Waals surface area contributed by atoms with Crippen LogP contribution in [-0.2, 0) is 14.3 Å². The first-order valence-electron chi connectivity index (χ1n) is 12.2. The van der Waals surface area contributed by atoms with E-state index in [4.69, 9.17) is 10.5 Å². The van der Waals surface area contributed by atoms with Crippen molar-refractivity contribution in [1.82, 2.24) is 4.90 Å². The number of aliphatic hydroxyl groups is 1. The molecule has 7 heteroatoms. The molecule has 7 nitrogen and oxygen atoms in total. The molecule has 3 N–H and O–H groups in total. The first-order valence-corrected chi connectivity index (χ1v) is 12.2. The van der Waals surface area contributed by atoms with Gasteiger partial charge in [-0.2, -0.15) is 0 Å². The second-order valence-electron chi connectivity index (χ2n) is 8.68. The average molecular weight is 459 g/mol. The Bertz CT molecular complexity index is 780. The molecule has 182 valence electrons. The lowest BCUT2D eigenvalue weighted by molar-refractivity contribution is -0.142. The normalized spacial score (nSPS) is 17.0. The van der Waals surface area contributed by atoms with Crippen LogP contribution >= 0.6 is 0 Å². The van der Waals surface area contributed by atoms with E-state index in [1.54, 1.807) is 18.2 Å². The summed E-state index contributed by atoms with van der Waals surface area (Å²) in [4.78, 5) is 37.6. The molecule has 2 rings (SSSR count). The number of hydrogen-bond donors (Lipinski definition) is 2. The fraction of sp³-hybridized carbons (Fsp3) is 0.577. The third-order valence-electron chi connectivity index (χ3n) is 6.00. The summed E-state index contributed by atoms with van der Waals surface area (Å²) in [6, 6.07) is 8.32. The first-order chi connectivity index (χ1) is 15.9. The Kier molecular flexibility index (Phi) is 11.7. The summed E-state index contributed by atoms with van der Waals surface area (Å²) < 4.78 is 5.78. The van der Waals surface area contributed by atoms with Gasteiger partial charge in [0.15, 0.2) is 0 Å². The number of carbonyl (C=O) groups is 3. The zero-order valence-corrected chi connectivity index (χ0v) is 19.7. The zero-order chi connectivity index (χ0) is 24.1. The van der Waals surface area contributed by atoms with Gasteiger partial charge >= 0.3 is 5.97 Å². The lowest BCUT2D eigenvalue weighted by atomic mass is 10.0. The summed E-state index contributed by atoms with van der Waals surface area (Å²) in [5, 5.41) is 10.3. The molecule has 0 fully saturated rings. The molecule has 0 aliphatic carbocycles. The van der Waals surface area contributed by atoms with Crippen molar-refractivity contribution in [2.24, 2.45) is 5.73 Å². The monoisotopic (exact) mass is 458 g/mol. The van der Waals surface area contributed by atoms with Crippen molar-refractivity contribution in [1.29, 1.82) is 0 Å². The Labute approximate surface area is 197 Å². The summed E-state index contributed by atoms with van der Waals surface area (Å²) >= 11 is 0. The van der Waals surface area contributed by atoms with E-state index >= 15 is 0 Å². The Hall–Kier alpha value is -2.67. The van der Waals surface area contributed by atoms with Crippen molar-refractivity contribution >= 4 is 17.8 Å². The maximum absolute atomic E-state index is 12.5. The van der Waals surface area contributed by atoms with Crippen LogP contribution in [0.1, 0.15) is 87.9 Å². The number of nitrogens with two attached hydrogens (primary N) is 1. The third kappa shape index (κ3) is 9.00. The Morgan fingerprint density at radius 3 is 2.30 bits per heavy atom. The largest absolute Gasteiger partial charge is 0.459 e. The maximum Gasteiger partial charge on any atom is 0.338 e. The van der Waals surface area contributed by atoms with Crippen LogP contribution in [-0.4, -0.2) is 46.0 Å². The zero-order valence-electron chi connectivity index (χ0n) is 19.7. The number of esters is 1. The number of amides is 2. The molecular formula is C26H38N2O5. The van der Waals surface area contributed by atoms with E-state index in [-0.39, 0.29) is 12.1 Å². The number of ether oxygens (including phenoxy) is 1. The highest BCUT2D eigenvalue weighted by Gasteiger charge is 2.32. The van der Waals surface area contributed by atoms with Gasteiger partial charge in [-0.15, -0.1) is 0 Å². The number of unbranched alkanes of at least 4 members (excludes halogenated alkanes) is 5. The van der Waals surface area contributed by atoms with Gasteiger partial charge in [0.25, 0.3) is 5.91 Å². The van der Waals surface area contributed by atoms with Gasteiger partial charge in [-0.25, -0.2) is 4.79 Å². The topological polar surface area (TPSA) is 110 Å². The number of rotatable bonds is 15. The van der Waals surface area contributed by atoms with Crippen LogP contribution in [0.2, 0.25) is 0 Å². The number of carbonyl (C=O) groups excluding carboxylic acids is 3. The van der Waals surface area contributed by atoms with Gasteiger partial charge in [-0.05, 0) is 50.7 Å². The van der Waals surface area contributed by atoms with Crippen LogP contribution in [0.15, 0.2) is 42.6 Å². The van der Waals surface area contributed by atoms with Gasteiger partial charge in [0.05, 0.1) is 5.56 Å². The van der Waals surface area contributed by atoms with Crippen molar-refractivity contribution in [3.63, 3.8) is 0 Å². The van der Waals surface area contributed by atoms with E-state index in [2.05, 4.69) is 6.92 Å². The molecule has 0 radical (unpaired) electrons. The van der Waals surface area contributed by atoms with Crippen LogP contribution in [0.5, 0.6) is 0 Å². The molecule has 1 aromatic carbocycles. The van der Waals surface area contributed by atoms with Crippen molar-refractivity contribution in [2.75, 3.05) is 0 Å². The summed E-state index contributed by atoms with van der Waals surface area (Å²) in [5.41, 5.74) is 5.88. The predicted octanol–water partition coefficient (Wildman–Crippen LogP) is 4.09. The Morgan fingerprint density at radius 2 is 1.67 bits per heavy atom. The van der Waals surface area contributed by atoms with Crippen LogP contribution in [0.25, 0.3) is 0 Å². The maximum atomic E-state index is 12.5. The Morgan fingerprint density at radius 1 is 1.03 bits per heavy atom. The van der Waals surface area contributed by atoms with E-state index < -0.39 is 24.0 Å². The number of nitrogens with zero attached hydrogens (tertiary/aromatic N) is 1. The fourth-order valence-electron chi connectivity index (χ4n) is 4.04. The third-order valence-corrected chi connectivity index (χ3v) is 6.00. The lowest BCUT2D eigenvalue weighted by Gasteiger charge is -2.23. The quantitative estimate of drug-likeness (QED) is 0.304. The molecule has 33 heavy (non-hydrogen) atoms. The van der Waals surface area contributed by atoms with Gasteiger partial charge in [0.2, 0.25) is 5.91 Å². The minimum atomic E-state index is -1.16. The summed E-state index contributed by atoms with van der Waals surface area (Å²) in [7, 11) is 0. The minimum Gasteiger partial charge on any atom is -0.459 e. The molecule has 0 aromatic heterocycles. The van der Waals surface area contributed by atoms with Gasteiger partial charge < -0.3 is 20.5 Å². The molecule has 3 unspecified atom stereocenters. The van der Waals surface area contributed by atoms with Gasteiger partial charge in [-0.3, -0.25) is 9.59 Å². The van der Waals surface area contributed by atoms with Crippen molar-refractivity contribution in [3.05, 3.63) is 48.2 Å². The molecule has 3 atom stereocenters. The van der Waals surface area contributed by atoms with Crippen LogP contribution in [0, 0.1) is 0 Å². The van der Waals surface area contributed by atoms with Crippen molar-refractivity contribution in [2.45, 2.75) is 95.8 Å². The average Bonchev–Trinajstić information content (AvgIpc) is 3.31. The van der Waals surface area contributed by atoms with Gasteiger partial charge in [0.1, 0.15) is 18.2 Å². The smallest absolute Gasteiger partial charge is 0.338 e. The summed E-state index contributed by atoms with van der Waals surface area (Å²) in [6.07, 6.45) is 11.0. The molecule has 1 aliphatic rings. The van der Waals surface area contributed by atoms with E-state index in [9.17, 15) is 19.5 Å². The lowest BCUT2D eigenvalue weighted by Crippen LogP contribution is -2.46. The van der Waals surface area contributed by atoms with E-state index in [0.717, 1.165) is 44.9 Å². The summed E-state index contributed by atoms with van der Waals surface area (Å²) in [6.45, 7) is 2.17. The standard InChI is InChI=1S/C26H38N2O5/c1-2-3-4-9-15-21(33-26(32)20-13-7-5-8-14-20)16-10-6-11-18-23(29)25(31)28-19-12-17-22(28)24(27)30/h5,7-8,12-14,19,21-23,29H,2-4,6,9-11,15-18H2,1H3,(H2,27,30). The molecule has 2 amide bonds. The molecule has 1 heterocycles. The number of aliphatic hydroxyl groups excluding tert-OH is 1. The highest BCUT2D eigenvalue weighted by molar-refractivity contribution is 5.90.